The zero-order valence-corrected chi connectivity index (χ0v) is 8.11. The molecule has 0 saturated carbocycles. The molecule has 0 aliphatic rings. The first-order valence-electron chi connectivity index (χ1n) is 4.36. The molecule has 0 aromatic carbocycles. The molecule has 2 rings (SSSR count). The van der Waals surface area contributed by atoms with Gasteiger partial charge in [-0.1, -0.05) is 0 Å². The highest BCUT2D eigenvalue weighted by atomic mass is 16.1. The van der Waals surface area contributed by atoms with Crippen molar-refractivity contribution in [2.45, 2.75) is 6.92 Å². The van der Waals surface area contributed by atoms with Gasteiger partial charge in [-0.2, -0.15) is 0 Å². The van der Waals surface area contributed by atoms with Crippen LogP contribution in [0.25, 0.3) is 11.3 Å². The average Bonchev–Trinajstić information content (AvgIpc) is 2.47. The summed E-state index contributed by atoms with van der Waals surface area (Å²) in [6.45, 7) is 1.81. The minimum atomic E-state index is 0.0109. The van der Waals surface area contributed by atoms with Crippen LogP contribution in [0.5, 0.6) is 0 Å². The largest absolute Gasteiger partial charge is 0.295 e. The van der Waals surface area contributed by atoms with Gasteiger partial charge in [-0.15, -0.1) is 0 Å². The van der Waals surface area contributed by atoms with Gasteiger partial charge in [-0.25, -0.2) is 0 Å². The fraction of sp³-hybridized carbons (Fsp3) is 0.200. The molecule has 2 aromatic heterocycles. The molecule has 72 valence electrons. The van der Waals surface area contributed by atoms with Gasteiger partial charge in [0.05, 0.1) is 5.69 Å². The maximum absolute atomic E-state index is 11.5. The lowest BCUT2D eigenvalue weighted by Crippen LogP contribution is -2.12. The number of pyridine rings is 1. The lowest BCUT2D eigenvalue weighted by molar-refractivity contribution is 0.741. The minimum Gasteiger partial charge on any atom is -0.295 e. The Hall–Kier alpha value is -1.84. The summed E-state index contributed by atoms with van der Waals surface area (Å²) >= 11 is 0. The molecule has 4 nitrogen and oxygen atoms in total. The van der Waals surface area contributed by atoms with Crippen molar-refractivity contribution in [3.63, 3.8) is 0 Å². The molecule has 0 bridgehead atoms. The van der Waals surface area contributed by atoms with Crippen molar-refractivity contribution < 1.29 is 0 Å². The molecular weight excluding hydrogens is 178 g/mol. The van der Waals surface area contributed by atoms with Crippen LogP contribution in [0.1, 0.15) is 5.56 Å². The summed E-state index contributed by atoms with van der Waals surface area (Å²) < 4.78 is 1.48. The Morgan fingerprint density at radius 1 is 1.36 bits per heavy atom. The van der Waals surface area contributed by atoms with Gasteiger partial charge in [0.1, 0.15) is 0 Å². The van der Waals surface area contributed by atoms with E-state index in [1.807, 2.05) is 19.1 Å². The lowest BCUT2D eigenvalue weighted by atomic mass is 10.1. The highest BCUT2D eigenvalue weighted by molar-refractivity contribution is 5.61. The van der Waals surface area contributed by atoms with E-state index >= 15 is 0 Å². The number of nitrogens with zero attached hydrogens (tertiary/aromatic N) is 2. The Kier molecular flexibility index (Phi) is 1.96. The van der Waals surface area contributed by atoms with Crippen molar-refractivity contribution in [1.82, 2.24) is 14.8 Å². The fourth-order valence-electron chi connectivity index (χ4n) is 1.46. The number of aromatic nitrogens is 3. The number of aryl methyl sites for hydroxylation is 1. The van der Waals surface area contributed by atoms with E-state index in [1.165, 1.54) is 4.68 Å². The molecule has 0 spiro atoms. The summed E-state index contributed by atoms with van der Waals surface area (Å²) in [6.07, 6.45) is 3.42. The average molecular weight is 189 g/mol. The van der Waals surface area contributed by atoms with Gasteiger partial charge < -0.3 is 0 Å². The second-order valence-electron chi connectivity index (χ2n) is 3.21. The second-order valence-corrected chi connectivity index (χ2v) is 3.21. The molecule has 0 atom stereocenters. The summed E-state index contributed by atoms with van der Waals surface area (Å²) in [6, 6.07) is 3.75. The summed E-state index contributed by atoms with van der Waals surface area (Å²) in [4.78, 5) is 15.4. The number of aromatic amines is 1. The van der Waals surface area contributed by atoms with E-state index in [4.69, 9.17) is 0 Å². The lowest BCUT2D eigenvalue weighted by Gasteiger charge is -1.97. The van der Waals surface area contributed by atoms with Crippen LogP contribution in [0.15, 0.2) is 29.3 Å². The smallest absolute Gasteiger partial charge is 0.269 e. The molecular formula is C10H11N3O. The van der Waals surface area contributed by atoms with Gasteiger partial charge in [0.25, 0.3) is 5.56 Å². The summed E-state index contributed by atoms with van der Waals surface area (Å²) in [5.41, 5.74) is 2.59. The highest BCUT2D eigenvalue weighted by Gasteiger charge is 2.08. The van der Waals surface area contributed by atoms with Gasteiger partial charge in [0, 0.05) is 30.6 Å². The Labute approximate surface area is 81.2 Å². The Bertz CT molecular complexity index is 496. The normalized spacial score (nSPS) is 10.4. The molecule has 14 heavy (non-hydrogen) atoms. The number of nitrogens with one attached hydrogen (secondary N) is 1. The van der Waals surface area contributed by atoms with Crippen molar-refractivity contribution in [3.05, 3.63) is 40.4 Å². The van der Waals surface area contributed by atoms with Crippen molar-refractivity contribution in [2.24, 2.45) is 7.05 Å². The third-order valence-electron chi connectivity index (χ3n) is 2.25. The molecule has 0 fully saturated rings. The van der Waals surface area contributed by atoms with E-state index < -0.39 is 0 Å². The molecule has 2 aromatic rings. The van der Waals surface area contributed by atoms with Crippen LogP contribution >= 0.6 is 0 Å². The molecule has 0 aliphatic heterocycles. The van der Waals surface area contributed by atoms with E-state index in [0.29, 0.717) is 0 Å². The molecule has 0 amide bonds. The van der Waals surface area contributed by atoms with Crippen LogP contribution in [-0.4, -0.2) is 14.8 Å². The quantitative estimate of drug-likeness (QED) is 0.729. The molecule has 0 aliphatic carbocycles. The highest BCUT2D eigenvalue weighted by Crippen LogP contribution is 2.16. The van der Waals surface area contributed by atoms with Crippen molar-refractivity contribution in [1.29, 1.82) is 0 Å². The van der Waals surface area contributed by atoms with Crippen molar-refractivity contribution in [3.8, 4) is 11.3 Å². The maximum atomic E-state index is 11.5. The van der Waals surface area contributed by atoms with E-state index in [-0.39, 0.29) is 5.56 Å². The number of H-pyrrole nitrogens is 1. The monoisotopic (exact) mass is 189 g/mol. The van der Waals surface area contributed by atoms with E-state index in [1.54, 1.807) is 19.4 Å². The predicted octanol–water partition coefficient (Wildman–Crippen LogP) is 1.08. The van der Waals surface area contributed by atoms with E-state index in [0.717, 1.165) is 16.8 Å². The van der Waals surface area contributed by atoms with Crippen LogP contribution < -0.4 is 5.56 Å². The standard InChI is InChI=1S/C10H11N3O/c1-7-9(12-13(2)10(7)14)8-3-5-11-6-4-8/h3-6,12H,1-2H3. The predicted molar refractivity (Wildman–Crippen MR) is 54.0 cm³/mol. The summed E-state index contributed by atoms with van der Waals surface area (Å²) in [5, 5.41) is 3.01. The number of hydrogen-bond acceptors (Lipinski definition) is 2. The molecule has 1 N–H and O–H groups in total. The fourth-order valence-corrected chi connectivity index (χ4v) is 1.46. The van der Waals surface area contributed by atoms with Gasteiger partial charge in [0.2, 0.25) is 0 Å². The zero-order chi connectivity index (χ0) is 10.1. The van der Waals surface area contributed by atoms with Crippen LogP contribution in [-0.2, 0) is 7.05 Å². The van der Waals surface area contributed by atoms with Gasteiger partial charge in [-0.05, 0) is 19.1 Å². The topological polar surface area (TPSA) is 50.7 Å². The first kappa shape index (κ1) is 8.74. The van der Waals surface area contributed by atoms with Crippen LogP contribution in [0.3, 0.4) is 0 Å². The van der Waals surface area contributed by atoms with Gasteiger partial charge >= 0.3 is 0 Å². The Morgan fingerprint density at radius 2 is 2.00 bits per heavy atom. The first-order valence-corrected chi connectivity index (χ1v) is 4.36. The Morgan fingerprint density at radius 3 is 2.50 bits per heavy atom. The maximum Gasteiger partial charge on any atom is 0.269 e. The number of hydrogen-bond donors (Lipinski definition) is 1. The van der Waals surface area contributed by atoms with Crippen LogP contribution in [0, 0.1) is 6.92 Å². The third-order valence-corrected chi connectivity index (χ3v) is 2.25. The molecule has 4 heteroatoms. The van der Waals surface area contributed by atoms with E-state index in [9.17, 15) is 4.79 Å². The minimum absolute atomic E-state index is 0.0109. The van der Waals surface area contributed by atoms with Crippen molar-refractivity contribution >= 4 is 0 Å². The zero-order valence-electron chi connectivity index (χ0n) is 8.11. The van der Waals surface area contributed by atoms with E-state index in [2.05, 4.69) is 10.1 Å². The van der Waals surface area contributed by atoms with Gasteiger partial charge in [0.15, 0.2) is 0 Å². The SMILES string of the molecule is Cc1c(-c2ccncc2)[nH]n(C)c1=O. The second kappa shape index (κ2) is 3.14. The summed E-state index contributed by atoms with van der Waals surface area (Å²) in [5.74, 6) is 0. The first-order chi connectivity index (χ1) is 6.70. The summed E-state index contributed by atoms with van der Waals surface area (Å²) in [7, 11) is 1.71. The van der Waals surface area contributed by atoms with Gasteiger partial charge in [-0.3, -0.25) is 19.6 Å². The number of rotatable bonds is 1. The molecule has 2 heterocycles. The molecule has 0 saturated heterocycles. The van der Waals surface area contributed by atoms with Crippen LogP contribution in [0.2, 0.25) is 0 Å². The third kappa shape index (κ3) is 1.25. The molecule has 0 radical (unpaired) electrons. The molecule has 0 unspecified atom stereocenters. The van der Waals surface area contributed by atoms with Crippen LogP contribution in [0.4, 0.5) is 0 Å². The van der Waals surface area contributed by atoms with Crippen molar-refractivity contribution in [2.75, 3.05) is 0 Å². The Balaban J connectivity index is 2.64.